The lowest BCUT2D eigenvalue weighted by Crippen LogP contribution is -2.25. The van der Waals surface area contributed by atoms with Crippen LogP contribution in [0.1, 0.15) is 43.0 Å². The van der Waals surface area contributed by atoms with Gasteiger partial charge < -0.3 is 9.47 Å². The van der Waals surface area contributed by atoms with Crippen molar-refractivity contribution in [2.24, 2.45) is 0 Å². The zero-order valence-electron chi connectivity index (χ0n) is 10.0. The summed E-state index contributed by atoms with van der Waals surface area (Å²) in [6, 6.07) is 0. The molecular formula is C12H18ClNO2S. The Morgan fingerprint density at radius 3 is 3.18 bits per heavy atom. The fourth-order valence-electron chi connectivity index (χ4n) is 1.83. The van der Waals surface area contributed by atoms with E-state index in [0.717, 1.165) is 23.7 Å². The Morgan fingerprint density at radius 2 is 2.53 bits per heavy atom. The Morgan fingerprint density at radius 1 is 1.65 bits per heavy atom. The predicted octanol–water partition coefficient (Wildman–Crippen LogP) is 3.53. The molecule has 1 saturated heterocycles. The van der Waals surface area contributed by atoms with Crippen LogP contribution in [0.3, 0.4) is 0 Å². The van der Waals surface area contributed by atoms with Crippen LogP contribution < -0.4 is 0 Å². The minimum absolute atomic E-state index is 0.0301. The third kappa shape index (κ3) is 3.91. The fraction of sp³-hybridized carbons (Fsp3) is 0.750. The summed E-state index contributed by atoms with van der Waals surface area (Å²) < 4.78 is 11.4. The van der Waals surface area contributed by atoms with Gasteiger partial charge in [0.25, 0.3) is 0 Å². The lowest BCUT2D eigenvalue weighted by molar-refractivity contribution is -0.0598. The summed E-state index contributed by atoms with van der Waals surface area (Å²) >= 11 is 7.33. The third-order valence-corrected chi connectivity index (χ3v) is 4.19. The first-order valence-electron chi connectivity index (χ1n) is 6.03. The molecule has 0 spiro atoms. The van der Waals surface area contributed by atoms with Crippen molar-refractivity contribution in [1.82, 2.24) is 4.98 Å². The molecule has 3 nitrogen and oxygen atoms in total. The fourth-order valence-corrected chi connectivity index (χ4v) is 2.88. The molecule has 1 aromatic heterocycles. The maximum atomic E-state index is 5.81. The van der Waals surface area contributed by atoms with Gasteiger partial charge in [0.2, 0.25) is 0 Å². The highest BCUT2D eigenvalue weighted by atomic mass is 35.5. The van der Waals surface area contributed by atoms with Gasteiger partial charge in [0.1, 0.15) is 11.1 Å². The SMILES string of the molecule is CC(OCC1CCCCO1)c1nc(CCl)cs1. The number of alkyl halides is 1. The molecule has 0 saturated carbocycles. The second-order valence-electron chi connectivity index (χ2n) is 4.27. The van der Waals surface area contributed by atoms with Crippen LogP contribution in [-0.2, 0) is 15.4 Å². The molecule has 1 aromatic rings. The maximum absolute atomic E-state index is 5.81. The summed E-state index contributed by atoms with van der Waals surface area (Å²) in [6.07, 6.45) is 3.83. The minimum atomic E-state index is 0.0301. The molecule has 1 fully saturated rings. The van der Waals surface area contributed by atoms with Crippen molar-refractivity contribution in [3.8, 4) is 0 Å². The van der Waals surface area contributed by atoms with E-state index < -0.39 is 0 Å². The third-order valence-electron chi connectivity index (χ3n) is 2.86. The van der Waals surface area contributed by atoms with Crippen molar-refractivity contribution in [1.29, 1.82) is 0 Å². The summed E-state index contributed by atoms with van der Waals surface area (Å²) in [6.45, 7) is 3.56. The highest BCUT2D eigenvalue weighted by molar-refractivity contribution is 7.09. The first-order valence-corrected chi connectivity index (χ1v) is 7.44. The molecule has 1 aliphatic heterocycles. The molecule has 1 aliphatic rings. The molecule has 2 rings (SSSR count). The summed E-state index contributed by atoms with van der Waals surface area (Å²) in [5.74, 6) is 0.467. The lowest BCUT2D eigenvalue weighted by atomic mass is 10.1. The second-order valence-corrected chi connectivity index (χ2v) is 5.43. The van der Waals surface area contributed by atoms with Gasteiger partial charge in [0.05, 0.1) is 24.3 Å². The molecule has 0 amide bonds. The number of nitrogens with zero attached hydrogens (tertiary/aromatic N) is 1. The number of halogens is 1. The highest BCUT2D eigenvalue weighted by Gasteiger charge is 2.17. The minimum Gasteiger partial charge on any atom is -0.376 e. The van der Waals surface area contributed by atoms with E-state index in [4.69, 9.17) is 21.1 Å². The van der Waals surface area contributed by atoms with E-state index in [1.807, 2.05) is 12.3 Å². The predicted molar refractivity (Wildman–Crippen MR) is 69.6 cm³/mol. The number of thiazole rings is 1. The van der Waals surface area contributed by atoms with Gasteiger partial charge >= 0.3 is 0 Å². The van der Waals surface area contributed by atoms with Gasteiger partial charge in [0.15, 0.2) is 0 Å². The Bertz CT molecular complexity index is 339. The van der Waals surface area contributed by atoms with Crippen molar-refractivity contribution < 1.29 is 9.47 Å². The topological polar surface area (TPSA) is 31.4 Å². The van der Waals surface area contributed by atoms with Crippen molar-refractivity contribution in [2.75, 3.05) is 13.2 Å². The molecule has 96 valence electrons. The normalized spacial score (nSPS) is 22.6. The largest absolute Gasteiger partial charge is 0.376 e. The van der Waals surface area contributed by atoms with Crippen LogP contribution >= 0.6 is 22.9 Å². The molecule has 5 heteroatoms. The van der Waals surface area contributed by atoms with Gasteiger partial charge in [0, 0.05) is 12.0 Å². The lowest BCUT2D eigenvalue weighted by Gasteiger charge is -2.23. The van der Waals surface area contributed by atoms with E-state index in [9.17, 15) is 0 Å². The van der Waals surface area contributed by atoms with E-state index in [0.29, 0.717) is 12.5 Å². The monoisotopic (exact) mass is 275 g/mol. The quantitative estimate of drug-likeness (QED) is 0.771. The zero-order chi connectivity index (χ0) is 12.1. The van der Waals surface area contributed by atoms with Gasteiger partial charge in [-0.3, -0.25) is 0 Å². The van der Waals surface area contributed by atoms with Crippen LogP contribution in [0, 0.1) is 0 Å². The van der Waals surface area contributed by atoms with Crippen molar-refractivity contribution >= 4 is 22.9 Å². The second kappa shape index (κ2) is 6.69. The highest BCUT2D eigenvalue weighted by Crippen LogP contribution is 2.23. The summed E-state index contributed by atoms with van der Waals surface area (Å²) in [4.78, 5) is 4.41. The van der Waals surface area contributed by atoms with Gasteiger partial charge in [-0.25, -0.2) is 4.98 Å². The van der Waals surface area contributed by atoms with E-state index in [1.165, 1.54) is 12.8 Å². The summed E-state index contributed by atoms with van der Waals surface area (Å²) in [5, 5.41) is 2.98. The average Bonchev–Trinajstić information content (AvgIpc) is 2.86. The maximum Gasteiger partial charge on any atom is 0.122 e. The van der Waals surface area contributed by atoms with Crippen LogP contribution in [0.2, 0.25) is 0 Å². The number of hydrogen-bond donors (Lipinski definition) is 0. The molecule has 0 radical (unpaired) electrons. The van der Waals surface area contributed by atoms with E-state index >= 15 is 0 Å². The smallest absolute Gasteiger partial charge is 0.122 e. The molecule has 0 aromatic carbocycles. The van der Waals surface area contributed by atoms with Crippen molar-refractivity contribution in [3.05, 3.63) is 16.1 Å². The number of rotatable bonds is 5. The molecule has 17 heavy (non-hydrogen) atoms. The zero-order valence-corrected chi connectivity index (χ0v) is 11.6. The summed E-state index contributed by atoms with van der Waals surface area (Å²) in [7, 11) is 0. The van der Waals surface area contributed by atoms with Crippen LogP contribution in [0.4, 0.5) is 0 Å². The van der Waals surface area contributed by atoms with E-state index in [1.54, 1.807) is 11.3 Å². The molecular weight excluding hydrogens is 258 g/mol. The standard InChI is InChI=1S/C12H18ClNO2S/c1-9(12-14-10(6-13)8-17-12)16-7-11-4-2-3-5-15-11/h8-9,11H,2-7H2,1H3. The summed E-state index contributed by atoms with van der Waals surface area (Å²) in [5.41, 5.74) is 0.927. The molecule has 2 atom stereocenters. The Hall–Kier alpha value is -0.160. The first-order chi connectivity index (χ1) is 8.29. The number of ether oxygens (including phenoxy) is 2. The molecule has 0 bridgehead atoms. The molecule has 2 heterocycles. The van der Waals surface area contributed by atoms with Crippen LogP contribution in [-0.4, -0.2) is 24.3 Å². The van der Waals surface area contributed by atoms with E-state index in [-0.39, 0.29) is 12.2 Å². The van der Waals surface area contributed by atoms with Gasteiger partial charge in [-0.05, 0) is 26.2 Å². The van der Waals surface area contributed by atoms with Crippen LogP contribution in [0.25, 0.3) is 0 Å². The molecule has 2 unspecified atom stereocenters. The average molecular weight is 276 g/mol. The van der Waals surface area contributed by atoms with E-state index in [2.05, 4.69) is 4.98 Å². The Balaban J connectivity index is 1.77. The molecule has 0 aliphatic carbocycles. The molecule has 0 N–H and O–H groups in total. The Kier molecular flexibility index (Phi) is 5.22. The van der Waals surface area contributed by atoms with Gasteiger partial charge in [-0.15, -0.1) is 22.9 Å². The van der Waals surface area contributed by atoms with Crippen LogP contribution in [0.5, 0.6) is 0 Å². The van der Waals surface area contributed by atoms with Crippen molar-refractivity contribution in [3.63, 3.8) is 0 Å². The van der Waals surface area contributed by atoms with Crippen LogP contribution in [0.15, 0.2) is 5.38 Å². The van der Waals surface area contributed by atoms with Crippen molar-refractivity contribution in [2.45, 2.75) is 44.3 Å². The number of aromatic nitrogens is 1. The Labute approximate surface area is 111 Å². The van der Waals surface area contributed by atoms with Gasteiger partial charge in [-0.2, -0.15) is 0 Å². The van der Waals surface area contributed by atoms with Gasteiger partial charge in [-0.1, -0.05) is 0 Å². The number of hydrogen-bond acceptors (Lipinski definition) is 4. The first kappa shape index (κ1) is 13.3.